The number of anilines is 1. The number of hydrogen-bond donors (Lipinski definition) is 2. The highest BCUT2D eigenvalue weighted by Gasteiger charge is 1.96. The average molecular weight is 208 g/mol. The summed E-state index contributed by atoms with van der Waals surface area (Å²) in [6.45, 7) is 2.23. The van der Waals surface area contributed by atoms with Crippen LogP contribution in [0.1, 0.15) is 44.6 Å². The van der Waals surface area contributed by atoms with E-state index in [0.29, 0.717) is 5.95 Å². The summed E-state index contributed by atoms with van der Waals surface area (Å²) in [5.74, 6) is 5.66. The zero-order chi connectivity index (χ0) is 10.9. The lowest BCUT2D eigenvalue weighted by atomic mass is 10.1. The highest BCUT2D eigenvalue weighted by Crippen LogP contribution is 2.08. The molecule has 0 spiro atoms. The molecule has 0 aliphatic rings. The summed E-state index contributed by atoms with van der Waals surface area (Å²) in [6, 6.07) is 0. The molecule has 0 saturated heterocycles. The minimum Gasteiger partial charge on any atom is -0.292 e. The van der Waals surface area contributed by atoms with Crippen LogP contribution in [0.5, 0.6) is 0 Å². The van der Waals surface area contributed by atoms with Crippen LogP contribution in [0.15, 0.2) is 12.4 Å². The second-order valence-electron chi connectivity index (χ2n) is 3.72. The third kappa shape index (κ3) is 4.74. The molecule has 3 N–H and O–H groups in total. The van der Waals surface area contributed by atoms with Gasteiger partial charge < -0.3 is 0 Å². The van der Waals surface area contributed by atoms with Crippen LogP contribution in [-0.2, 0) is 6.42 Å². The van der Waals surface area contributed by atoms with E-state index >= 15 is 0 Å². The van der Waals surface area contributed by atoms with Gasteiger partial charge in [0.1, 0.15) is 0 Å². The van der Waals surface area contributed by atoms with Crippen molar-refractivity contribution >= 4 is 5.95 Å². The molecule has 0 radical (unpaired) electrons. The number of nitrogen functional groups attached to an aromatic ring is 1. The Morgan fingerprint density at radius 2 is 1.80 bits per heavy atom. The molecule has 4 nitrogen and oxygen atoms in total. The van der Waals surface area contributed by atoms with Gasteiger partial charge in [-0.25, -0.2) is 15.8 Å². The molecule has 0 aliphatic heterocycles. The van der Waals surface area contributed by atoms with Crippen molar-refractivity contribution in [3.05, 3.63) is 18.0 Å². The molecule has 4 heteroatoms. The van der Waals surface area contributed by atoms with Gasteiger partial charge in [0.15, 0.2) is 0 Å². The minimum absolute atomic E-state index is 0.477. The van der Waals surface area contributed by atoms with Crippen LogP contribution >= 0.6 is 0 Å². The molecular formula is C11H20N4. The SMILES string of the molecule is CCCCCCCc1cnc(NN)nc1. The van der Waals surface area contributed by atoms with Crippen molar-refractivity contribution in [2.24, 2.45) is 5.84 Å². The Balaban J connectivity index is 2.20. The van der Waals surface area contributed by atoms with E-state index in [9.17, 15) is 0 Å². The number of hydrazine groups is 1. The molecular weight excluding hydrogens is 188 g/mol. The molecule has 15 heavy (non-hydrogen) atoms. The Hall–Kier alpha value is -1.16. The van der Waals surface area contributed by atoms with E-state index in [1.54, 1.807) is 0 Å². The molecule has 0 aliphatic carbocycles. The smallest absolute Gasteiger partial charge is 0.237 e. The van der Waals surface area contributed by atoms with Gasteiger partial charge in [0, 0.05) is 12.4 Å². The standard InChI is InChI=1S/C11H20N4/c1-2-3-4-5-6-7-10-8-13-11(15-12)14-9-10/h8-9H,2-7,12H2,1H3,(H,13,14,15). The Bertz CT molecular complexity index is 258. The van der Waals surface area contributed by atoms with Crippen molar-refractivity contribution in [2.75, 3.05) is 5.43 Å². The fourth-order valence-corrected chi connectivity index (χ4v) is 1.49. The topological polar surface area (TPSA) is 63.8 Å². The molecule has 0 fully saturated rings. The van der Waals surface area contributed by atoms with Crippen LogP contribution in [0.4, 0.5) is 5.95 Å². The van der Waals surface area contributed by atoms with Gasteiger partial charge in [-0.3, -0.25) is 5.43 Å². The lowest BCUT2D eigenvalue weighted by molar-refractivity contribution is 0.631. The molecule has 0 aromatic carbocycles. The van der Waals surface area contributed by atoms with E-state index in [1.807, 2.05) is 12.4 Å². The zero-order valence-corrected chi connectivity index (χ0v) is 9.37. The monoisotopic (exact) mass is 208 g/mol. The Labute approximate surface area is 91.3 Å². The van der Waals surface area contributed by atoms with Crippen LogP contribution in [0.25, 0.3) is 0 Å². The van der Waals surface area contributed by atoms with Gasteiger partial charge in [0.05, 0.1) is 0 Å². The molecule has 1 heterocycles. The van der Waals surface area contributed by atoms with E-state index in [0.717, 1.165) is 6.42 Å². The van der Waals surface area contributed by atoms with Gasteiger partial charge in [-0.2, -0.15) is 0 Å². The predicted molar refractivity (Wildman–Crippen MR) is 62.3 cm³/mol. The zero-order valence-electron chi connectivity index (χ0n) is 9.37. The molecule has 0 saturated carbocycles. The number of aromatic nitrogens is 2. The summed E-state index contributed by atoms with van der Waals surface area (Å²) in [6.07, 6.45) is 11.2. The summed E-state index contributed by atoms with van der Waals surface area (Å²) in [5.41, 5.74) is 3.60. The van der Waals surface area contributed by atoms with Gasteiger partial charge >= 0.3 is 0 Å². The normalized spacial score (nSPS) is 10.3. The summed E-state index contributed by atoms with van der Waals surface area (Å²) in [7, 11) is 0. The van der Waals surface area contributed by atoms with Gasteiger partial charge in [-0.15, -0.1) is 0 Å². The molecule has 0 amide bonds. The number of hydrogen-bond acceptors (Lipinski definition) is 4. The van der Waals surface area contributed by atoms with Crippen LogP contribution < -0.4 is 11.3 Å². The summed E-state index contributed by atoms with van der Waals surface area (Å²) in [5, 5.41) is 0. The molecule has 1 aromatic rings. The van der Waals surface area contributed by atoms with E-state index < -0.39 is 0 Å². The summed E-state index contributed by atoms with van der Waals surface area (Å²) in [4.78, 5) is 8.13. The van der Waals surface area contributed by atoms with Crippen LogP contribution in [-0.4, -0.2) is 9.97 Å². The largest absolute Gasteiger partial charge is 0.292 e. The average Bonchev–Trinajstić information content (AvgIpc) is 2.30. The van der Waals surface area contributed by atoms with Crippen LogP contribution in [0.2, 0.25) is 0 Å². The van der Waals surface area contributed by atoms with Gasteiger partial charge in [0.25, 0.3) is 0 Å². The van der Waals surface area contributed by atoms with Crippen molar-refractivity contribution in [1.29, 1.82) is 0 Å². The molecule has 0 unspecified atom stereocenters. The van der Waals surface area contributed by atoms with Crippen molar-refractivity contribution in [1.82, 2.24) is 9.97 Å². The number of nitrogens with two attached hydrogens (primary N) is 1. The molecule has 1 aromatic heterocycles. The maximum atomic E-state index is 5.18. The number of nitrogens with zero attached hydrogens (tertiary/aromatic N) is 2. The van der Waals surface area contributed by atoms with E-state index in [4.69, 9.17) is 5.84 Å². The first-order valence-corrected chi connectivity index (χ1v) is 5.64. The third-order valence-corrected chi connectivity index (χ3v) is 2.40. The van der Waals surface area contributed by atoms with Crippen molar-refractivity contribution in [3.8, 4) is 0 Å². The highest BCUT2D eigenvalue weighted by molar-refractivity contribution is 5.22. The van der Waals surface area contributed by atoms with Crippen LogP contribution in [0.3, 0.4) is 0 Å². The van der Waals surface area contributed by atoms with E-state index in [2.05, 4.69) is 22.3 Å². The lowest BCUT2D eigenvalue weighted by Crippen LogP contribution is -2.10. The third-order valence-electron chi connectivity index (χ3n) is 2.40. The first-order valence-electron chi connectivity index (χ1n) is 5.64. The van der Waals surface area contributed by atoms with E-state index in [-0.39, 0.29) is 0 Å². The second-order valence-corrected chi connectivity index (χ2v) is 3.72. The fraction of sp³-hybridized carbons (Fsp3) is 0.636. The maximum absolute atomic E-state index is 5.18. The first kappa shape index (κ1) is 11.9. The minimum atomic E-state index is 0.477. The molecule has 0 bridgehead atoms. The second kappa shape index (κ2) is 7.17. The Kier molecular flexibility index (Phi) is 5.70. The van der Waals surface area contributed by atoms with Crippen molar-refractivity contribution < 1.29 is 0 Å². The first-order chi connectivity index (χ1) is 7.36. The van der Waals surface area contributed by atoms with Gasteiger partial charge in [0.2, 0.25) is 5.95 Å². The number of nitrogens with one attached hydrogen (secondary N) is 1. The van der Waals surface area contributed by atoms with Crippen LogP contribution in [0, 0.1) is 0 Å². The Morgan fingerprint density at radius 1 is 1.13 bits per heavy atom. The van der Waals surface area contributed by atoms with Crippen molar-refractivity contribution in [3.63, 3.8) is 0 Å². The number of unbranched alkanes of at least 4 members (excludes halogenated alkanes) is 4. The van der Waals surface area contributed by atoms with Crippen molar-refractivity contribution in [2.45, 2.75) is 45.4 Å². The Morgan fingerprint density at radius 3 is 2.40 bits per heavy atom. The molecule has 84 valence electrons. The summed E-state index contributed by atoms with van der Waals surface area (Å²) >= 11 is 0. The lowest BCUT2D eigenvalue weighted by Gasteiger charge is -2.02. The van der Waals surface area contributed by atoms with E-state index in [1.165, 1.54) is 37.7 Å². The van der Waals surface area contributed by atoms with Gasteiger partial charge in [-0.05, 0) is 18.4 Å². The molecule has 1 rings (SSSR count). The number of aryl methyl sites for hydroxylation is 1. The quantitative estimate of drug-likeness (QED) is 0.410. The van der Waals surface area contributed by atoms with Gasteiger partial charge in [-0.1, -0.05) is 32.6 Å². The predicted octanol–water partition coefficient (Wildman–Crippen LogP) is 2.28. The fourth-order valence-electron chi connectivity index (χ4n) is 1.49. The number of rotatable bonds is 7. The highest BCUT2D eigenvalue weighted by atomic mass is 15.3. The maximum Gasteiger partial charge on any atom is 0.237 e. The molecule has 0 atom stereocenters. The summed E-state index contributed by atoms with van der Waals surface area (Å²) < 4.78 is 0.